The van der Waals surface area contributed by atoms with E-state index >= 15 is 0 Å². The van der Waals surface area contributed by atoms with Crippen LogP contribution in [0.25, 0.3) is 0 Å². The summed E-state index contributed by atoms with van der Waals surface area (Å²) in [6.07, 6.45) is 4.10. The van der Waals surface area contributed by atoms with E-state index in [4.69, 9.17) is 0 Å². The van der Waals surface area contributed by atoms with Crippen LogP contribution in [-0.2, 0) is 4.79 Å². The van der Waals surface area contributed by atoms with Crippen LogP contribution in [0.2, 0.25) is 0 Å². The fraction of sp³-hybridized carbons (Fsp3) is 0.929. The highest BCUT2D eigenvalue weighted by Crippen LogP contribution is 2.17. The number of likely N-dealkylation sites (tertiary alicyclic amines) is 1. The maximum Gasteiger partial charge on any atom is 0.323 e. The van der Waals surface area contributed by atoms with Gasteiger partial charge in [0.15, 0.2) is 0 Å². The summed E-state index contributed by atoms with van der Waals surface area (Å²) >= 11 is 0. The largest absolute Gasteiger partial charge is 0.480 e. The molecule has 5 nitrogen and oxygen atoms in total. The Hall–Kier alpha value is -0.650. The Morgan fingerprint density at radius 3 is 2.74 bits per heavy atom. The van der Waals surface area contributed by atoms with Crippen LogP contribution in [0.4, 0.5) is 0 Å². The molecule has 112 valence electrons. The first-order chi connectivity index (χ1) is 8.89. The van der Waals surface area contributed by atoms with Crippen molar-refractivity contribution in [2.24, 2.45) is 0 Å². The van der Waals surface area contributed by atoms with Crippen molar-refractivity contribution in [1.29, 1.82) is 0 Å². The van der Waals surface area contributed by atoms with Gasteiger partial charge in [0.2, 0.25) is 0 Å². The number of likely N-dealkylation sites (N-methyl/N-ethyl adjacent to an activating group) is 2. The summed E-state index contributed by atoms with van der Waals surface area (Å²) in [4.78, 5) is 16.0. The van der Waals surface area contributed by atoms with E-state index in [9.17, 15) is 9.90 Å². The van der Waals surface area contributed by atoms with Gasteiger partial charge in [-0.1, -0.05) is 0 Å². The molecule has 0 saturated carbocycles. The Labute approximate surface area is 117 Å². The van der Waals surface area contributed by atoms with Gasteiger partial charge in [-0.2, -0.15) is 0 Å². The van der Waals surface area contributed by atoms with Gasteiger partial charge in [0.05, 0.1) is 0 Å². The van der Waals surface area contributed by atoms with Gasteiger partial charge in [0.25, 0.3) is 0 Å². The molecule has 0 aromatic carbocycles. The first-order valence-electron chi connectivity index (χ1n) is 7.20. The third kappa shape index (κ3) is 4.75. The number of hydrogen-bond acceptors (Lipinski definition) is 4. The molecular formula is C14H29N3O2. The number of piperidine rings is 1. The van der Waals surface area contributed by atoms with Crippen molar-refractivity contribution in [2.75, 3.05) is 40.8 Å². The molecular weight excluding hydrogens is 242 g/mol. The SMILES string of the molecule is CNC(C)(CCCN1CCCC(N(C)C)C1)C(=O)O. The molecule has 19 heavy (non-hydrogen) atoms. The van der Waals surface area contributed by atoms with Crippen molar-refractivity contribution >= 4 is 5.97 Å². The molecule has 2 unspecified atom stereocenters. The molecule has 1 saturated heterocycles. The van der Waals surface area contributed by atoms with Gasteiger partial charge in [-0.05, 0) is 66.8 Å². The fourth-order valence-corrected chi connectivity index (χ4v) is 2.65. The molecule has 0 aromatic heterocycles. The number of carboxylic acids is 1. The van der Waals surface area contributed by atoms with Crippen molar-refractivity contribution in [3.63, 3.8) is 0 Å². The van der Waals surface area contributed by atoms with Gasteiger partial charge in [-0.25, -0.2) is 0 Å². The molecule has 1 aliphatic heterocycles. The second kappa shape index (κ2) is 7.22. The maximum atomic E-state index is 11.2. The van der Waals surface area contributed by atoms with Crippen molar-refractivity contribution in [3.05, 3.63) is 0 Å². The summed E-state index contributed by atoms with van der Waals surface area (Å²) in [6.45, 7) is 5.01. The second-order valence-electron chi connectivity index (χ2n) is 6.05. The van der Waals surface area contributed by atoms with Gasteiger partial charge in [0, 0.05) is 12.6 Å². The summed E-state index contributed by atoms with van der Waals surface area (Å²) in [5, 5.41) is 12.1. The van der Waals surface area contributed by atoms with Gasteiger partial charge in [-0.3, -0.25) is 4.79 Å². The first kappa shape index (κ1) is 16.4. The minimum Gasteiger partial charge on any atom is -0.480 e. The lowest BCUT2D eigenvalue weighted by Gasteiger charge is -2.36. The Bertz CT molecular complexity index is 296. The zero-order valence-corrected chi connectivity index (χ0v) is 12.8. The zero-order valence-electron chi connectivity index (χ0n) is 12.8. The van der Waals surface area contributed by atoms with Crippen LogP contribution in [0.5, 0.6) is 0 Å². The number of hydrogen-bond donors (Lipinski definition) is 2. The van der Waals surface area contributed by atoms with E-state index in [2.05, 4.69) is 29.2 Å². The summed E-state index contributed by atoms with van der Waals surface area (Å²) in [7, 11) is 5.99. The lowest BCUT2D eigenvalue weighted by molar-refractivity contribution is -0.144. The number of carboxylic acid groups (broad SMARTS) is 1. The smallest absolute Gasteiger partial charge is 0.323 e. The highest BCUT2D eigenvalue weighted by atomic mass is 16.4. The highest BCUT2D eigenvalue weighted by Gasteiger charge is 2.30. The number of rotatable bonds is 7. The van der Waals surface area contributed by atoms with E-state index in [0.717, 1.165) is 26.1 Å². The van der Waals surface area contributed by atoms with Crippen LogP contribution in [0.3, 0.4) is 0 Å². The third-order valence-electron chi connectivity index (χ3n) is 4.39. The molecule has 1 rings (SSSR count). The fourth-order valence-electron chi connectivity index (χ4n) is 2.65. The predicted octanol–water partition coefficient (Wildman–Crippen LogP) is 0.855. The molecule has 1 aliphatic rings. The Kier molecular flexibility index (Phi) is 6.23. The molecule has 2 N–H and O–H groups in total. The molecule has 0 radical (unpaired) electrons. The number of aliphatic carboxylic acids is 1. The van der Waals surface area contributed by atoms with Crippen molar-refractivity contribution < 1.29 is 9.90 Å². The standard InChI is InChI=1S/C14H29N3O2/c1-14(15-2,13(18)19)8-6-10-17-9-5-7-12(11-17)16(3)4/h12,15H,5-11H2,1-4H3,(H,18,19). The highest BCUT2D eigenvalue weighted by molar-refractivity contribution is 5.78. The normalized spacial score (nSPS) is 24.4. The van der Waals surface area contributed by atoms with Crippen LogP contribution in [0.15, 0.2) is 0 Å². The van der Waals surface area contributed by atoms with Crippen molar-refractivity contribution in [2.45, 2.75) is 44.2 Å². The predicted molar refractivity (Wildman–Crippen MR) is 77.5 cm³/mol. The topological polar surface area (TPSA) is 55.8 Å². The molecule has 0 amide bonds. The van der Waals surface area contributed by atoms with Gasteiger partial charge < -0.3 is 20.2 Å². The molecule has 0 aliphatic carbocycles. The van der Waals surface area contributed by atoms with Crippen LogP contribution in [0.1, 0.15) is 32.6 Å². The zero-order chi connectivity index (χ0) is 14.5. The van der Waals surface area contributed by atoms with E-state index in [1.54, 1.807) is 14.0 Å². The van der Waals surface area contributed by atoms with Crippen LogP contribution in [-0.4, -0.2) is 73.2 Å². The lowest BCUT2D eigenvalue weighted by atomic mass is 9.95. The monoisotopic (exact) mass is 271 g/mol. The quantitative estimate of drug-likeness (QED) is 0.719. The first-order valence-corrected chi connectivity index (χ1v) is 7.20. The van der Waals surface area contributed by atoms with E-state index in [1.165, 1.54) is 12.8 Å². The molecule has 2 atom stereocenters. The van der Waals surface area contributed by atoms with Crippen LogP contribution in [0, 0.1) is 0 Å². The molecule has 0 bridgehead atoms. The van der Waals surface area contributed by atoms with Gasteiger partial charge in [0.1, 0.15) is 5.54 Å². The summed E-state index contributed by atoms with van der Waals surface area (Å²) in [6, 6.07) is 0.643. The van der Waals surface area contributed by atoms with E-state index < -0.39 is 11.5 Å². The summed E-state index contributed by atoms with van der Waals surface area (Å²) in [5.74, 6) is -0.764. The molecule has 1 fully saturated rings. The van der Waals surface area contributed by atoms with Crippen molar-refractivity contribution in [3.8, 4) is 0 Å². The minimum atomic E-state index is -0.795. The minimum absolute atomic E-state index is 0.643. The number of nitrogens with zero attached hydrogens (tertiary/aromatic N) is 2. The molecule has 5 heteroatoms. The van der Waals surface area contributed by atoms with Crippen LogP contribution < -0.4 is 5.32 Å². The lowest BCUT2D eigenvalue weighted by Crippen LogP contribution is -2.49. The van der Waals surface area contributed by atoms with E-state index in [-0.39, 0.29) is 0 Å². The Morgan fingerprint density at radius 1 is 1.53 bits per heavy atom. The average molecular weight is 271 g/mol. The summed E-state index contributed by atoms with van der Waals surface area (Å²) in [5.41, 5.74) is -0.795. The van der Waals surface area contributed by atoms with E-state index in [0.29, 0.717) is 12.5 Å². The third-order valence-corrected chi connectivity index (χ3v) is 4.39. The van der Waals surface area contributed by atoms with Crippen molar-refractivity contribution in [1.82, 2.24) is 15.1 Å². The summed E-state index contributed by atoms with van der Waals surface area (Å²) < 4.78 is 0. The average Bonchev–Trinajstić information content (AvgIpc) is 2.38. The number of nitrogens with one attached hydrogen (secondary N) is 1. The Balaban J connectivity index is 2.34. The van der Waals surface area contributed by atoms with Gasteiger partial charge >= 0.3 is 5.97 Å². The van der Waals surface area contributed by atoms with E-state index in [1.807, 2.05) is 0 Å². The van der Waals surface area contributed by atoms with Gasteiger partial charge in [-0.15, -0.1) is 0 Å². The number of carbonyl (C=O) groups is 1. The Morgan fingerprint density at radius 2 is 2.21 bits per heavy atom. The second-order valence-corrected chi connectivity index (χ2v) is 6.05. The molecule has 0 spiro atoms. The molecule has 0 aromatic rings. The molecule has 1 heterocycles. The van der Waals surface area contributed by atoms with Crippen LogP contribution >= 0.6 is 0 Å². The maximum absolute atomic E-state index is 11.2.